The molecule has 0 radical (unpaired) electrons. The minimum Gasteiger partial charge on any atom is -0.489 e. The van der Waals surface area contributed by atoms with E-state index in [-0.39, 0.29) is 11.6 Å². The van der Waals surface area contributed by atoms with Gasteiger partial charge in [-0.05, 0) is 43.5 Å². The molecule has 19 heavy (non-hydrogen) atoms. The summed E-state index contributed by atoms with van der Waals surface area (Å²) in [7, 11) is 0. The zero-order valence-corrected chi connectivity index (χ0v) is 11.1. The summed E-state index contributed by atoms with van der Waals surface area (Å²) in [5.41, 5.74) is 0.987. The van der Waals surface area contributed by atoms with Crippen LogP contribution in [0.1, 0.15) is 31.2 Å². The van der Waals surface area contributed by atoms with E-state index >= 15 is 0 Å². The molecule has 2 heterocycles. The smallest absolute Gasteiger partial charge is 0.197 e. The predicted molar refractivity (Wildman–Crippen MR) is 71.4 cm³/mol. The van der Waals surface area contributed by atoms with Crippen molar-refractivity contribution in [2.75, 3.05) is 19.8 Å². The molecule has 0 spiro atoms. The second-order valence-electron chi connectivity index (χ2n) is 5.31. The van der Waals surface area contributed by atoms with Crippen LogP contribution in [0.2, 0.25) is 0 Å². The molecule has 4 heteroatoms. The van der Waals surface area contributed by atoms with Crippen molar-refractivity contribution in [1.82, 2.24) is 5.32 Å². The van der Waals surface area contributed by atoms with Crippen LogP contribution in [0.5, 0.6) is 11.5 Å². The third-order valence-corrected chi connectivity index (χ3v) is 3.76. The molecule has 1 fully saturated rings. The average Bonchev–Trinajstić information content (AvgIpc) is 2.65. The van der Waals surface area contributed by atoms with Crippen LogP contribution in [-0.4, -0.2) is 25.8 Å². The van der Waals surface area contributed by atoms with Gasteiger partial charge in [-0.1, -0.05) is 6.42 Å². The third kappa shape index (κ3) is 3.00. The van der Waals surface area contributed by atoms with Crippen LogP contribution in [-0.2, 0) is 6.42 Å². The average molecular weight is 265 g/mol. The van der Waals surface area contributed by atoms with E-state index in [1.54, 1.807) is 6.07 Å². The van der Waals surface area contributed by atoms with E-state index in [9.17, 15) is 4.39 Å². The maximum absolute atomic E-state index is 14.0. The standard InChI is InChI=1S/C15H20FNO2/c16-13-9-11(8-12-4-1-2-5-17-12)10-14-15(13)19-7-3-6-18-14/h9-10,12,17H,1-8H2. The monoisotopic (exact) mass is 265 g/mol. The number of halogens is 1. The molecule has 1 N–H and O–H groups in total. The first-order chi connectivity index (χ1) is 9.33. The maximum atomic E-state index is 14.0. The van der Waals surface area contributed by atoms with Crippen LogP contribution in [0, 0.1) is 5.82 Å². The predicted octanol–water partition coefficient (Wildman–Crippen LogP) is 2.67. The summed E-state index contributed by atoms with van der Waals surface area (Å²) < 4.78 is 25.0. The molecule has 1 unspecified atom stereocenters. The van der Waals surface area contributed by atoms with Crippen molar-refractivity contribution in [3.63, 3.8) is 0 Å². The van der Waals surface area contributed by atoms with Crippen molar-refractivity contribution in [2.45, 2.75) is 38.1 Å². The van der Waals surface area contributed by atoms with Gasteiger partial charge in [0.2, 0.25) is 0 Å². The molecule has 1 saturated heterocycles. The first-order valence-corrected chi connectivity index (χ1v) is 7.14. The molecule has 0 aliphatic carbocycles. The molecule has 1 aromatic carbocycles. The molecule has 1 aromatic rings. The molecule has 0 bridgehead atoms. The maximum Gasteiger partial charge on any atom is 0.197 e. The van der Waals surface area contributed by atoms with E-state index < -0.39 is 0 Å². The van der Waals surface area contributed by atoms with Gasteiger partial charge in [-0.2, -0.15) is 0 Å². The van der Waals surface area contributed by atoms with Gasteiger partial charge in [-0.3, -0.25) is 0 Å². The van der Waals surface area contributed by atoms with Crippen molar-refractivity contribution in [3.8, 4) is 11.5 Å². The van der Waals surface area contributed by atoms with Gasteiger partial charge in [0.25, 0.3) is 0 Å². The lowest BCUT2D eigenvalue weighted by Gasteiger charge is -2.23. The van der Waals surface area contributed by atoms with E-state index in [0.717, 1.165) is 31.4 Å². The third-order valence-electron chi connectivity index (χ3n) is 3.76. The highest BCUT2D eigenvalue weighted by Gasteiger charge is 2.19. The van der Waals surface area contributed by atoms with Crippen LogP contribution >= 0.6 is 0 Å². The number of piperidine rings is 1. The molecule has 2 aliphatic heterocycles. The van der Waals surface area contributed by atoms with Crippen molar-refractivity contribution in [1.29, 1.82) is 0 Å². The lowest BCUT2D eigenvalue weighted by molar-refractivity contribution is 0.292. The molecule has 1 atom stereocenters. The highest BCUT2D eigenvalue weighted by Crippen LogP contribution is 2.34. The van der Waals surface area contributed by atoms with Crippen LogP contribution in [0.4, 0.5) is 4.39 Å². The van der Waals surface area contributed by atoms with E-state index in [4.69, 9.17) is 9.47 Å². The topological polar surface area (TPSA) is 30.5 Å². The van der Waals surface area contributed by atoms with Crippen molar-refractivity contribution >= 4 is 0 Å². The number of ether oxygens (including phenoxy) is 2. The van der Waals surface area contributed by atoms with E-state index in [1.165, 1.54) is 12.8 Å². The van der Waals surface area contributed by atoms with Crippen molar-refractivity contribution in [3.05, 3.63) is 23.5 Å². The fourth-order valence-electron chi connectivity index (χ4n) is 2.78. The number of benzene rings is 1. The normalized spacial score (nSPS) is 22.9. The van der Waals surface area contributed by atoms with Gasteiger partial charge in [-0.25, -0.2) is 4.39 Å². The van der Waals surface area contributed by atoms with Gasteiger partial charge in [0.1, 0.15) is 0 Å². The Bertz CT molecular complexity index is 444. The summed E-state index contributed by atoms with van der Waals surface area (Å²) in [6.45, 7) is 2.18. The SMILES string of the molecule is Fc1cc(CC2CCCCN2)cc2c1OCCCO2. The Balaban J connectivity index is 1.78. The van der Waals surface area contributed by atoms with Gasteiger partial charge in [0, 0.05) is 12.5 Å². The Morgan fingerprint density at radius 3 is 2.89 bits per heavy atom. The number of hydrogen-bond donors (Lipinski definition) is 1. The minimum atomic E-state index is -0.301. The van der Waals surface area contributed by atoms with E-state index in [2.05, 4.69) is 5.32 Å². The highest BCUT2D eigenvalue weighted by molar-refractivity contribution is 5.45. The van der Waals surface area contributed by atoms with E-state index in [1.807, 2.05) is 6.07 Å². The zero-order valence-electron chi connectivity index (χ0n) is 11.1. The van der Waals surface area contributed by atoms with Gasteiger partial charge in [0.15, 0.2) is 17.3 Å². The Kier molecular flexibility index (Phi) is 3.87. The number of hydrogen-bond acceptors (Lipinski definition) is 3. The quantitative estimate of drug-likeness (QED) is 0.891. The second kappa shape index (κ2) is 5.78. The number of nitrogens with one attached hydrogen (secondary N) is 1. The summed E-state index contributed by atoms with van der Waals surface area (Å²) in [5.74, 6) is 0.534. The van der Waals surface area contributed by atoms with Gasteiger partial charge in [-0.15, -0.1) is 0 Å². The van der Waals surface area contributed by atoms with Gasteiger partial charge >= 0.3 is 0 Å². The Labute approximate surface area is 113 Å². The van der Waals surface area contributed by atoms with Crippen molar-refractivity contribution < 1.29 is 13.9 Å². The summed E-state index contributed by atoms with van der Waals surface area (Å²) in [4.78, 5) is 0. The molecule has 3 rings (SSSR count). The first-order valence-electron chi connectivity index (χ1n) is 7.14. The summed E-state index contributed by atoms with van der Waals surface area (Å²) in [6.07, 6.45) is 5.31. The molecule has 0 aromatic heterocycles. The Hall–Kier alpha value is -1.29. The first kappa shape index (κ1) is 12.7. The largest absolute Gasteiger partial charge is 0.489 e. The van der Waals surface area contributed by atoms with E-state index in [0.29, 0.717) is 25.0 Å². The molecule has 0 saturated carbocycles. The number of fused-ring (bicyclic) bond motifs is 1. The lowest BCUT2D eigenvalue weighted by Crippen LogP contribution is -2.35. The molecule has 104 valence electrons. The Morgan fingerprint density at radius 1 is 1.16 bits per heavy atom. The summed E-state index contributed by atoms with van der Waals surface area (Å²) in [6, 6.07) is 3.97. The van der Waals surface area contributed by atoms with Crippen LogP contribution in [0.3, 0.4) is 0 Å². The molecule has 2 aliphatic rings. The fraction of sp³-hybridized carbons (Fsp3) is 0.600. The van der Waals surface area contributed by atoms with Crippen LogP contribution in [0.25, 0.3) is 0 Å². The zero-order chi connectivity index (χ0) is 13.1. The fourth-order valence-corrected chi connectivity index (χ4v) is 2.78. The number of rotatable bonds is 2. The summed E-state index contributed by atoms with van der Waals surface area (Å²) in [5, 5.41) is 3.48. The molecular weight excluding hydrogens is 245 g/mol. The second-order valence-corrected chi connectivity index (χ2v) is 5.31. The Morgan fingerprint density at radius 2 is 2.05 bits per heavy atom. The molecule has 3 nitrogen and oxygen atoms in total. The molecular formula is C15H20FNO2. The molecule has 0 amide bonds. The van der Waals surface area contributed by atoms with Gasteiger partial charge < -0.3 is 14.8 Å². The summed E-state index contributed by atoms with van der Waals surface area (Å²) >= 11 is 0. The minimum absolute atomic E-state index is 0.276. The van der Waals surface area contributed by atoms with Crippen LogP contribution < -0.4 is 14.8 Å². The van der Waals surface area contributed by atoms with Crippen molar-refractivity contribution in [2.24, 2.45) is 0 Å². The van der Waals surface area contributed by atoms with Crippen LogP contribution in [0.15, 0.2) is 12.1 Å². The van der Waals surface area contributed by atoms with Gasteiger partial charge in [0.05, 0.1) is 13.2 Å². The lowest BCUT2D eigenvalue weighted by atomic mass is 9.97. The highest BCUT2D eigenvalue weighted by atomic mass is 19.1.